The zero-order chi connectivity index (χ0) is 23.5. The highest BCUT2D eigenvalue weighted by Crippen LogP contribution is 2.36. The first-order valence-electron chi connectivity index (χ1n) is 9.26. The molecule has 1 amide bonds. The first-order valence-corrected chi connectivity index (χ1v) is 11.1. The van der Waals surface area contributed by atoms with Crippen LogP contribution in [0.4, 0.5) is 15.8 Å². The van der Waals surface area contributed by atoms with Crippen molar-refractivity contribution in [2.75, 3.05) is 24.3 Å². The van der Waals surface area contributed by atoms with Crippen LogP contribution < -0.4 is 19.5 Å². The van der Waals surface area contributed by atoms with E-state index in [1.165, 1.54) is 69.7 Å². The molecule has 7 nitrogen and oxygen atoms in total. The lowest BCUT2D eigenvalue weighted by Crippen LogP contribution is -2.15. The Morgan fingerprint density at radius 2 is 1.72 bits per heavy atom. The average Bonchev–Trinajstić information content (AvgIpc) is 2.75. The lowest BCUT2D eigenvalue weighted by Gasteiger charge is -2.14. The van der Waals surface area contributed by atoms with Gasteiger partial charge in [0.2, 0.25) is 0 Å². The molecule has 3 aromatic carbocycles. The van der Waals surface area contributed by atoms with E-state index in [1.54, 1.807) is 0 Å². The summed E-state index contributed by atoms with van der Waals surface area (Å²) in [5.41, 5.74) is 0.953. The molecule has 0 aliphatic carbocycles. The second kappa shape index (κ2) is 9.46. The minimum Gasteiger partial charge on any atom is -0.495 e. The van der Waals surface area contributed by atoms with Crippen molar-refractivity contribution in [3.8, 4) is 11.5 Å². The van der Waals surface area contributed by atoms with E-state index in [0.29, 0.717) is 22.7 Å². The first-order chi connectivity index (χ1) is 15.1. The number of carbonyl (C=O) groups is 1. The Labute approximate surface area is 190 Å². The van der Waals surface area contributed by atoms with Crippen LogP contribution in [-0.4, -0.2) is 28.5 Å². The standard InChI is InChI=1S/C22H20ClFN2O5S/c1-13-7-8-16(10-18(13)24)32(28,29)26-15-6-4-5-14(9-15)22(27)25-19-11-17(23)20(30-2)12-21(19)31-3/h4-12,26H,1-3H3,(H,25,27). The average molecular weight is 479 g/mol. The van der Waals surface area contributed by atoms with Crippen molar-refractivity contribution in [3.05, 3.63) is 76.6 Å². The second-order valence-electron chi connectivity index (χ2n) is 6.74. The Morgan fingerprint density at radius 3 is 2.38 bits per heavy atom. The third-order valence-electron chi connectivity index (χ3n) is 4.55. The maximum atomic E-state index is 13.8. The number of halogens is 2. The normalized spacial score (nSPS) is 11.0. The largest absolute Gasteiger partial charge is 0.495 e. The minimum absolute atomic E-state index is 0.137. The van der Waals surface area contributed by atoms with Crippen LogP contribution in [0.25, 0.3) is 0 Å². The number of nitrogens with one attached hydrogen (secondary N) is 2. The molecule has 168 valence electrons. The number of amides is 1. The number of aryl methyl sites for hydroxylation is 1. The molecule has 3 rings (SSSR count). The van der Waals surface area contributed by atoms with Crippen molar-refractivity contribution in [2.24, 2.45) is 0 Å². The van der Waals surface area contributed by atoms with Crippen molar-refractivity contribution < 1.29 is 27.1 Å². The number of hydrogen-bond donors (Lipinski definition) is 2. The predicted molar refractivity (Wildman–Crippen MR) is 121 cm³/mol. The van der Waals surface area contributed by atoms with Gasteiger partial charge in [-0.15, -0.1) is 0 Å². The monoisotopic (exact) mass is 478 g/mol. The summed E-state index contributed by atoms with van der Waals surface area (Å²) >= 11 is 6.13. The van der Waals surface area contributed by atoms with Crippen molar-refractivity contribution in [3.63, 3.8) is 0 Å². The Morgan fingerprint density at radius 1 is 1.00 bits per heavy atom. The molecular weight excluding hydrogens is 459 g/mol. The molecule has 0 aromatic heterocycles. The third kappa shape index (κ3) is 5.12. The number of sulfonamides is 1. The van der Waals surface area contributed by atoms with E-state index in [4.69, 9.17) is 21.1 Å². The van der Waals surface area contributed by atoms with Crippen LogP contribution in [0.1, 0.15) is 15.9 Å². The summed E-state index contributed by atoms with van der Waals surface area (Å²) in [5.74, 6) is -0.441. The summed E-state index contributed by atoms with van der Waals surface area (Å²) in [6.07, 6.45) is 0. The first kappa shape index (κ1) is 23.4. The number of methoxy groups -OCH3 is 2. The highest BCUT2D eigenvalue weighted by molar-refractivity contribution is 7.92. The molecule has 0 bridgehead atoms. The van der Waals surface area contributed by atoms with E-state index in [2.05, 4.69) is 10.0 Å². The maximum Gasteiger partial charge on any atom is 0.261 e. The number of anilines is 2. The number of benzene rings is 3. The lowest BCUT2D eigenvalue weighted by atomic mass is 10.2. The van der Waals surface area contributed by atoms with Crippen molar-refractivity contribution in [1.82, 2.24) is 0 Å². The van der Waals surface area contributed by atoms with Gasteiger partial charge in [-0.2, -0.15) is 0 Å². The van der Waals surface area contributed by atoms with Gasteiger partial charge in [0, 0.05) is 17.3 Å². The van der Waals surface area contributed by atoms with Gasteiger partial charge >= 0.3 is 0 Å². The fourth-order valence-electron chi connectivity index (χ4n) is 2.83. The number of rotatable bonds is 7. The molecule has 0 saturated heterocycles. The topological polar surface area (TPSA) is 93.7 Å². The summed E-state index contributed by atoms with van der Waals surface area (Å²) < 4.78 is 51.7. The molecule has 0 spiro atoms. The van der Waals surface area contributed by atoms with E-state index >= 15 is 0 Å². The molecule has 0 aliphatic heterocycles. The molecule has 2 N–H and O–H groups in total. The van der Waals surface area contributed by atoms with Gasteiger partial charge in [-0.25, -0.2) is 12.8 Å². The molecule has 0 unspecified atom stereocenters. The zero-order valence-electron chi connectivity index (χ0n) is 17.4. The highest BCUT2D eigenvalue weighted by Gasteiger charge is 2.18. The fourth-order valence-corrected chi connectivity index (χ4v) is 4.13. The third-order valence-corrected chi connectivity index (χ3v) is 6.23. The predicted octanol–water partition coefficient (Wildman–Crippen LogP) is 4.86. The Hall–Kier alpha value is -3.30. The lowest BCUT2D eigenvalue weighted by molar-refractivity contribution is 0.102. The van der Waals surface area contributed by atoms with E-state index < -0.39 is 21.7 Å². The molecule has 0 radical (unpaired) electrons. The quantitative estimate of drug-likeness (QED) is 0.506. The molecule has 0 heterocycles. The molecule has 10 heteroatoms. The number of carbonyl (C=O) groups excluding carboxylic acids is 1. The summed E-state index contributed by atoms with van der Waals surface area (Å²) in [7, 11) is -1.16. The van der Waals surface area contributed by atoms with Gasteiger partial charge in [-0.1, -0.05) is 23.7 Å². The Bertz CT molecular complexity index is 1280. The summed E-state index contributed by atoms with van der Waals surface area (Å²) in [6, 6.07) is 12.5. The molecule has 3 aromatic rings. The van der Waals surface area contributed by atoms with Crippen LogP contribution in [0.2, 0.25) is 5.02 Å². The van der Waals surface area contributed by atoms with E-state index in [0.717, 1.165) is 6.07 Å². The molecule has 32 heavy (non-hydrogen) atoms. The van der Waals surface area contributed by atoms with Crippen molar-refractivity contribution >= 4 is 38.9 Å². The zero-order valence-corrected chi connectivity index (χ0v) is 19.0. The SMILES string of the molecule is COc1cc(OC)c(NC(=O)c2cccc(NS(=O)(=O)c3ccc(C)c(F)c3)c2)cc1Cl. The molecule has 0 fully saturated rings. The minimum atomic E-state index is -4.05. The fraction of sp³-hybridized carbons (Fsp3) is 0.136. The van der Waals surface area contributed by atoms with Crippen molar-refractivity contribution in [2.45, 2.75) is 11.8 Å². The number of ether oxygens (including phenoxy) is 2. The molecule has 0 aliphatic rings. The van der Waals surface area contributed by atoms with Crippen LogP contribution in [0.15, 0.2) is 59.5 Å². The molecular formula is C22H20ClFN2O5S. The second-order valence-corrected chi connectivity index (χ2v) is 8.83. The highest BCUT2D eigenvalue weighted by atomic mass is 35.5. The molecule has 0 atom stereocenters. The van der Waals surface area contributed by atoms with Gasteiger partial charge in [0.25, 0.3) is 15.9 Å². The summed E-state index contributed by atoms with van der Waals surface area (Å²) in [4.78, 5) is 12.5. The van der Waals surface area contributed by atoms with Gasteiger partial charge in [-0.3, -0.25) is 9.52 Å². The van der Waals surface area contributed by atoms with Crippen LogP contribution >= 0.6 is 11.6 Å². The van der Waals surface area contributed by atoms with Crippen molar-refractivity contribution in [1.29, 1.82) is 0 Å². The van der Waals surface area contributed by atoms with Gasteiger partial charge < -0.3 is 14.8 Å². The van der Waals surface area contributed by atoms with Gasteiger partial charge in [0.1, 0.15) is 17.3 Å². The van der Waals surface area contributed by atoms with Crippen LogP contribution in [-0.2, 0) is 10.0 Å². The van der Waals surface area contributed by atoms with E-state index in [-0.39, 0.29) is 21.2 Å². The maximum absolute atomic E-state index is 13.8. The molecule has 0 saturated carbocycles. The van der Waals surface area contributed by atoms with Gasteiger partial charge in [0.15, 0.2) is 0 Å². The van der Waals surface area contributed by atoms with Crippen LogP contribution in [0.3, 0.4) is 0 Å². The summed E-state index contributed by atoms with van der Waals surface area (Å²) in [5, 5.41) is 2.95. The van der Waals surface area contributed by atoms with E-state index in [9.17, 15) is 17.6 Å². The Kier molecular flexibility index (Phi) is 6.90. The van der Waals surface area contributed by atoms with Gasteiger partial charge in [0.05, 0.1) is 29.8 Å². The summed E-state index contributed by atoms with van der Waals surface area (Å²) in [6.45, 7) is 1.53. The Balaban J connectivity index is 1.84. The van der Waals surface area contributed by atoms with Crippen LogP contribution in [0.5, 0.6) is 11.5 Å². The number of hydrogen-bond acceptors (Lipinski definition) is 5. The smallest absolute Gasteiger partial charge is 0.261 e. The van der Waals surface area contributed by atoms with Crippen LogP contribution in [0, 0.1) is 12.7 Å². The van der Waals surface area contributed by atoms with E-state index in [1.807, 2.05) is 0 Å². The van der Waals surface area contributed by atoms with Gasteiger partial charge in [-0.05, 0) is 48.9 Å².